The highest BCUT2D eigenvalue weighted by Gasteiger charge is 2.13. The van der Waals surface area contributed by atoms with E-state index < -0.39 is 5.97 Å². The van der Waals surface area contributed by atoms with Crippen molar-refractivity contribution in [1.82, 2.24) is 9.78 Å². The molecule has 1 heterocycles. The van der Waals surface area contributed by atoms with E-state index in [9.17, 15) is 4.79 Å². The first-order chi connectivity index (χ1) is 8.52. The number of aryl methyl sites for hydroxylation is 2. The number of carbonyl (C=O) groups is 1. The van der Waals surface area contributed by atoms with Gasteiger partial charge in [-0.2, -0.15) is 5.10 Å². The minimum absolute atomic E-state index is 0.262. The highest BCUT2D eigenvalue weighted by atomic mass is 79.9. The van der Waals surface area contributed by atoms with Gasteiger partial charge in [0, 0.05) is 23.3 Å². The van der Waals surface area contributed by atoms with Gasteiger partial charge in [-0.15, -0.1) is 0 Å². The fourth-order valence-corrected chi connectivity index (χ4v) is 2.31. The molecule has 0 amide bonds. The number of aromatic carboxylic acids is 1. The fraction of sp³-hybridized carbons (Fsp3) is 0.231. The monoisotopic (exact) mass is 308 g/mol. The second-order valence-corrected chi connectivity index (χ2v) is 4.87. The molecule has 0 fully saturated rings. The number of halogens is 1. The average Bonchev–Trinajstić information content (AvgIpc) is 2.70. The van der Waals surface area contributed by atoms with Crippen LogP contribution in [0.2, 0.25) is 0 Å². The van der Waals surface area contributed by atoms with E-state index in [0.29, 0.717) is 4.47 Å². The van der Waals surface area contributed by atoms with E-state index in [0.717, 1.165) is 23.2 Å². The lowest BCUT2D eigenvalue weighted by atomic mass is 10.0. The SMILES string of the molecule is CCc1nn(C)cc1-c1ccc(Br)c(C(=O)O)c1. The van der Waals surface area contributed by atoms with Crippen molar-refractivity contribution in [2.45, 2.75) is 13.3 Å². The fourth-order valence-electron chi connectivity index (χ4n) is 1.89. The van der Waals surface area contributed by atoms with Gasteiger partial charge in [0.1, 0.15) is 0 Å². The van der Waals surface area contributed by atoms with Gasteiger partial charge >= 0.3 is 5.97 Å². The van der Waals surface area contributed by atoms with Crippen molar-refractivity contribution in [3.8, 4) is 11.1 Å². The maximum atomic E-state index is 11.1. The maximum Gasteiger partial charge on any atom is 0.336 e. The molecular weight excluding hydrogens is 296 g/mol. The normalized spacial score (nSPS) is 10.6. The predicted octanol–water partition coefficient (Wildman–Crippen LogP) is 3.11. The third-order valence-corrected chi connectivity index (χ3v) is 3.44. The van der Waals surface area contributed by atoms with Crippen LogP contribution >= 0.6 is 15.9 Å². The van der Waals surface area contributed by atoms with Crippen LogP contribution in [0.15, 0.2) is 28.9 Å². The molecule has 0 aliphatic carbocycles. The Labute approximate surface area is 113 Å². The molecule has 0 spiro atoms. The van der Waals surface area contributed by atoms with Gasteiger partial charge in [-0.3, -0.25) is 4.68 Å². The summed E-state index contributed by atoms with van der Waals surface area (Å²) in [5, 5.41) is 13.5. The zero-order valence-electron chi connectivity index (χ0n) is 10.1. The lowest BCUT2D eigenvalue weighted by molar-refractivity contribution is 0.0696. The first kappa shape index (κ1) is 12.8. The number of hydrogen-bond donors (Lipinski definition) is 1. The van der Waals surface area contributed by atoms with Crippen LogP contribution in [-0.2, 0) is 13.5 Å². The molecule has 0 saturated heterocycles. The minimum Gasteiger partial charge on any atom is -0.478 e. The van der Waals surface area contributed by atoms with Gasteiger partial charge in [0.2, 0.25) is 0 Å². The number of rotatable bonds is 3. The Morgan fingerprint density at radius 1 is 1.50 bits per heavy atom. The van der Waals surface area contributed by atoms with E-state index in [1.54, 1.807) is 16.8 Å². The lowest BCUT2D eigenvalue weighted by Gasteiger charge is -2.04. The summed E-state index contributed by atoms with van der Waals surface area (Å²) >= 11 is 3.24. The van der Waals surface area contributed by atoms with Crippen molar-refractivity contribution in [3.05, 3.63) is 40.1 Å². The molecule has 0 aliphatic heterocycles. The van der Waals surface area contributed by atoms with Crippen molar-refractivity contribution in [1.29, 1.82) is 0 Å². The highest BCUT2D eigenvalue weighted by molar-refractivity contribution is 9.10. The van der Waals surface area contributed by atoms with Crippen LogP contribution in [0.5, 0.6) is 0 Å². The molecule has 94 valence electrons. The van der Waals surface area contributed by atoms with Crippen molar-refractivity contribution in [2.75, 3.05) is 0 Å². The molecule has 0 saturated carbocycles. The van der Waals surface area contributed by atoms with Crippen molar-refractivity contribution in [3.63, 3.8) is 0 Å². The molecule has 4 nitrogen and oxygen atoms in total. The van der Waals surface area contributed by atoms with Gasteiger partial charge in [0.25, 0.3) is 0 Å². The zero-order valence-corrected chi connectivity index (χ0v) is 11.7. The molecule has 5 heteroatoms. The zero-order chi connectivity index (χ0) is 13.3. The van der Waals surface area contributed by atoms with Gasteiger partial charge in [-0.25, -0.2) is 4.79 Å². The summed E-state index contributed by atoms with van der Waals surface area (Å²) in [5.41, 5.74) is 3.09. The van der Waals surface area contributed by atoms with E-state index in [2.05, 4.69) is 21.0 Å². The van der Waals surface area contributed by atoms with Gasteiger partial charge in [-0.1, -0.05) is 13.0 Å². The molecular formula is C13H13BrN2O2. The first-order valence-corrected chi connectivity index (χ1v) is 6.38. The van der Waals surface area contributed by atoms with Gasteiger partial charge in [-0.05, 0) is 40.0 Å². The highest BCUT2D eigenvalue weighted by Crippen LogP contribution is 2.27. The van der Waals surface area contributed by atoms with Gasteiger partial charge in [0.15, 0.2) is 0 Å². The second-order valence-electron chi connectivity index (χ2n) is 4.02. The second kappa shape index (κ2) is 4.94. The summed E-state index contributed by atoms with van der Waals surface area (Å²) < 4.78 is 2.33. The van der Waals surface area contributed by atoms with Crippen LogP contribution in [0.1, 0.15) is 23.0 Å². The smallest absolute Gasteiger partial charge is 0.336 e. The number of carboxylic acids is 1. The van der Waals surface area contributed by atoms with Crippen LogP contribution in [0.25, 0.3) is 11.1 Å². The first-order valence-electron chi connectivity index (χ1n) is 5.58. The molecule has 0 bridgehead atoms. The Hall–Kier alpha value is -1.62. The average molecular weight is 309 g/mol. The topological polar surface area (TPSA) is 55.1 Å². The molecule has 0 atom stereocenters. The lowest BCUT2D eigenvalue weighted by Crippen LogP contribution is -1.98. The maximum absolute atomic E-state index is 11.1. The molecule has 1 aromatic heterocycles. The third-order valence-electron chi connectivity index (χ3n) is 2.75. The van der Waals surface area contributed by atoms with E-state index in [-0.39, 0.29) is 5.56 Å². The van der Waals surface area contributed by atoms with Gasteiger partial charge < -0.3 is 5.11 Å². The Balaban J connectivity index is 2.57. The van der Waals surface area contributed by atoms with Crippen LogP contribution in [-0.4, -0.2) is 20.9 Å². The summed E-state index contributed by atoms with van der Waals surface area (Å²) in [7, 11) is 1.86. The molecule has 2 rings (SSSR count). The third kappa shape index (κ3) is 2.31. The summed E-state index contributed by atoms with van der Waals surface area (Å²) in [6.07, 6.45) is 2.72. The quantitative estimate of drug-likeness (QED) is 0.948. The van der Waals surface area contributed by atoms with Crippen molar-refractivity contribution < 1.29 is 9.90 Å². The van der Waals surface area contributed by atoms with Crippen molar-refractivity contribution >= 4 is 21.9 Å². The van der Waals surface area contributed by atoms with Crippen LogP contribution < -0.4 is 0 Å². The van der Waals surface area contributed by atoms with Crippen LogP contribution in [0.4, 0.5) is 0 Å². The van der Waals surface area contributed by atoms with Gasteiger partial charge in [0.05, 0.1) is 11.3 Å². The Bertz CT molecular complexity index is 605. The number of carboxylic acid groups (broad SMARTS) is 1. The van der Waals surface area contributed by atoms with E-state index in [4.69, 9.17) is 5.11 Å². The van der Waals surface area contributed by atoms with E-state index in [1.165, 1.54) is 0 Å². The molecule has 2 aromatic rings. The molecule has 0 unspecified atom stereocenters. The molecule has 0 aliphatic rings. The number of aromatic nitrogens is 2. The summed E-state index contributed by atoms with van der Waals surface area (Å²) in [5.74, 6) is -0.939. The Morgan fingerprint density at radius 3 is 2.83 bits per heavy atom. The van der Waals surface area contributed by atoms with Crippen LogP contribution in [0, 0.1) is 0 Å². The summed E-state index contributed by atoms with van der Waals surface area (Å²) in [6.45, 7) is 2.03. The van der Waals surface area contributed by atoms with Crippen molar-refractivity contribution in [2.24, 2.45) is 7.05 Å². The number of hydrogen-bond acceptors (Lipinski definition) is 2. The van der Waals surface area contributed by atoms with Crippen LogP contribution in [0.3, 0.4) is 0 Å². The minimum atomic E-state index is -0.939. The standard InChI is InChI=1S/C13H13BrN2O2/c1-3-12-10(7-16(2)15-12)8-4-5-11(14)9(6-8)13(17)18/h4-7H,3H2,1-2H3,(H,17,18). The Kier molecular flexibility index (Phi) is 3.52. The molecule has 1 N–H and O–H groups in total. The summed E-state index contributed by atoms with van der Waals surface area (Å²) in [4.78, 5) is 11.1. The summed E-state index contributed by atoms with van der Waals surface area (Å²) in [6, 6.07) is 5.32. The molecule has 1 aromatic carbocycles. The molecule has 0 radical (unpaired) electrons. The van der Waals surface area contributed by atoms with E-state index in [1.807, 2.05) is 26.2 Å². The number of benzene rings is 1. The predicted molar refractivity (Wildman–Crippen MR) is 72.7 cm³/mol. The van der Waals surface area contributed by atoms with E-state index >= 15 is 0 Å². The number of nitrogens with zero attached hydrogens (tertiary/aromatic N) is 2. The molecule has 18 heavy (non-hydrogen) atoms. The Morgan fingerprint density at radius 2 is 2.22 bits per heavy atom. The largest absolute Gasteiger partial charge is 0.478 e.